The second-order valence-corrected chi connectivity index (χ2v) is 4.25. The minimum atomic E-state index is -1.14. The summed E-state index contributed by atoms with van der Waals surface area (Å²) in [5, 5.41) is 0. The molecular weight excluding hydrogens is 276 g/mol. The van der Waals surface area contributed by atoms with Crippen molar-refractivity contribution in [3.8, 4) is 11.5 Å². The molecule has 1 aromatic carbocycles. The molecule has 0 N–H and O–H groups in total. The smallest absolute Gasteiger partial charge is 0.352 e. The van der Waals surface area contributed by atoms with Gasteiger partial charge in [0.25, 0.3) is 0 Å². The van der Waals surface area contributed by atoms with Gasteiger partial charge < -0.3 is 14.2 Å². The standard InChI is InChI=1S/C15H16O6/c1-9(2)14(17)20-10(3)15(18)21-13-11(8-16)6-5-7-12(13)19-4/h5-8,10H,1H2,2-4H3. The number of carbonyl (C=O) groups is 3. The Morgan fingerprint density at radius 2 is 2.00 bits per heavy atom. The minimum Gasteiger partial charge on any atom is -0.493 e. The van der Waals surface area contributed by atoms with Crippen molar-refractivity contribution in [1.29, 1.82) is 0 Å². The van der Waals surface area contributed by atoms with E-state index in [4.69, 9.17) is 14.2 Å². The molecule has 0 aliphatic heterocycles. The molecule has 1 aromatic rings. The van der Waals surface area contributed by atoms with Crippen LogP contribution >= 0.6 is 0 Å². The third-order valence-corrected chi connectivity index (χ3v) is 2.52. The average Bonchev–Trinajstić information content (AvgIpc) is 2.46. The molecule has 1 atom stereocenters. The van der Waals surface area contributed by atoms with Crippen LogP contribution in [0.5, 0.6) is 11.5 Å². The summed E-state index contributed by atoms with van der Waals surface area (Å²) in [5.41, 5.74) is 0.321. The number of rotatable bonds is 6. The zero-order valence-electron chi connectivity index (χ0n) is 12.0. The van der Waals surface area contributed by atoms with Crippen LogP contribution in [0.4, 0.5) is 0 Å². The lowest BCUT2D eigenvalue weighted by Crippen LogP contribution is -2.29. The normalized spacial score (nSPS) is 11.2. The Hall–Kier alpha value is -2.63. The van der Waals surface area contributed by atoms with E-state index >= 15 is 0 Å². The van der Waals surface area contributed by atoms with E-state index in [0.29, 0.717) is 6.29 Å². The van der Waals surface area contributed by atoms with Crippen molar-refractivity contribution < 1.29 is 28.6 Å². The average molecular weight is 292 g/mol. The molecule has 6 nitrogen and oxygen atoms in total. The van der Waals surface area contributed by atoms with Gasteiger partial charge >= 0.3 is 11.9 Å². The summed E-state index contributed by atoms with van der Waals surface area (Å²) in [6, 6.07) is 4.60. The zero-order valence-corrected chi connectivity index (χ0v) is 12.0. The first-order valence-corrected chi connectivity index (χ1v) is 6.11. The van der Waals surface area contributed by atoms with E-state index in [0.717, 1.165) is 0 Å². The van der Waals surface area contributed by atoms with Gasteiger partial charge in [-0.25, -0.2) is 9.59 Å². The fraction of sp³-hybridized carbons (Fsp3) is 0.267. The highest BCUT2D eigenvalue weighted by atomic mass is 16.6. The Morgan fingerprint density at radius 3 is 2.52 bits per heavy atom. The van der Waals surface area contributed by atoms with Gasteiger partial charge in [0, 0.05) is 5.57 Å². The first-order valence-electron chi connectivity index (χ1n) is 6.11. The van der Waals surface area contributed by atoms with Gasteiger partial charge in [-0.3, -0.25) is 4.79 Å². The molecule has 0 aromatic heterocycles. The third kappa shape index (κ3) is 4.17. The molecule has 112 valence electrons. The maximum atomic E-state index is 11.9. The number of esters is 2. The van der Waals surface area contributed by atoms with E-state index in [-0.39, 0.29) is 22.6 Å². The minimum absolute atomic E-state index is 0.0155. The highest BCUT2D eigenvalue weighted by Crippen LogP contribution is 2.30. The summed E-state index contributed by atoms with van der Waals surface area (Å²) in [4.78, 5) is 34.2. The van der Waals surface area contributed by atoms with Crippen molar-refractivity contribution in [2.75, 3.05) is 7.11 Å². The fourth-order valence-electron chi connectivity index (χ4n) is 1.39. The Labute approximate surface area is 122 Å². The zero-order chi connectivity index (χ0) is 16.0. The molecular formula is C15H16O6. The number of hydrogen-bond acceptors (Lipinski definition) is 6. The molecule has 0 heterocycles. The van der Waals surface area contributed by atoms with Crippen molar-refractivity contribution in [2.24, 2.45) is 0 Å². The Balaban J connectivity index is 2.90. The summed E-state index contributed by atoms with van der Waals surface area (Å²) in [5.74, 6) is -1.31. The van der Waals surface area contributed by atoms with Crippen LogP contribution in [0.3, 0.4) is 0 Å². The summed E-state index contributed by atoms with van der Waals surface area (Å²) < 4.78 is 15.0. The second-order valence-electron chi connectivity index (χ2n) is 4.25. The number of aldehydes is 1. The number of para-hydroxylation sites is 1. The van der Waals surface area contributed by atoms with E-state index in [1.54, 1.807) is 12.1 Å². The molecule has 6 heteroatoms. The highest BCUT2D eigenvalue weighted by molar-refractivity contribution is 5.90. The van der Waals surface area contributed by atoms with Gasteiger partial charge in [0.05, 0.1) is 12.7 Å². The predicted molar refractivity (Wildman–Crippen MR) is 74.4 cm³/mol. The summed E-state index contributed by atoms with van der Waals surface area (Å²) >= 11 is 0. The van der Waals surface area contributed by atoms with Crippen molar-refractivity contribution in [3.05, 3.63) is 35.9 Å². The molecule has 0 radical (unpaired) electrons. The lowest BCUT2D eigenvalue weighted by molar-refractivity contribution is -0.158. The topological polar surface area (TPSA) is 78.9 Å². The maximum Gasteiger partial charge on any atom is 0.352 e. The fourth-order valence-corrected chi connectivity index (χ4v) is 1.39. The van der Waals surface area contributed by atoms with Crippen LogP contribution in [0.15, 0.2) is 30.4 Å². The van der Waals surface area contributed by atoms with Crippen LogP contribution in [0, 0.1) is 0 Å². The maximum absolute atomic E-state index is 11.9. The quantitative estimate of drug-likeness (QED) is 0.345. The molecule has 0 saturated heterocycles. The molecule has 0 fully saturated rings. The Morgan fingerprint density at radius 1 is 1.33 bits per heavy atom. The van der Waals surface area contributed by atoms with Gasteiger partial charge in [-0.1, -0.05) is 12.6 Å². The monoisotopic (exact) mass is 292 g/mol. The van der Waals surface area contributed by atoms with E-state index < -0.39 is 18.0 Å². The molecule has 0 spiro atoms. The lowest BCUT2D eigenvalue weighted by Gasteiger charge is -2.15. The molecule has 1 unspecified atom stereocenters. The van der Waals surface area contributed by atoms with Crippen LogP contribution in [0.2, 0.25) is 0 Å². The second kappa shape index (κ2) is 7.23. The van der Waals surface area contributed by atoms with E-state index in [1.165, 1.54) is 27.0 Å². The largest absolute Gasteiger partial charge is 0.493 e. The first kappa shape index (κ1) is 16.4. The number of carbonyl (C=O) groups excluding carboxylic acids is 3. The SMILES string of the molecule is C=C(C)C(=O)OC(C)C(=O)Oc1c(C=O)cccc1OC. The van der Waals surface area contributed by atoms with E-state index in [2.05, 4.69) is 6.58 Å². The van der Waals surface area contributed by atoms with Crippen molar-refractivity contribution >= 4 is 18.2 Å². The number of ether oxygens (including phenoxy) is 3. The summed E-state index contributed by atoms with van der Waals surface area (Å²) in [6.07, 6.45) is -0.603. The van der Waals surface area contributed by atoms with E-state index in [1.807, 2.05) is 0 Å². The number of benzene rings is 1. The van der Waals surface area contributed by atoms with Gasteiger partial charge in [0.2, 0.25) is 0 Å². The number of methoxy groups -OCH3 is 1. The molecule has 21 heavy (non-hydrogen) atoms. The van der Waals surface area contributed by atoms with Gasteiger partial charge in [-0.2, -0.15) is 0 Å². The van der Waals surface area contributed by atoms with Crippen LogP contribution in [0.25, 0.3) is 0 Å². The molecule has 1 rings (SSSR count). The first-order chi connectivity index (χ1) is 9.90. The van der Waals surface area contributed by atoms with Crippen molar-refractivity contribution in [2.45, 2.75) is 20.0 Å². The highest BCUT2D eigenvalue weighted by Gasteiger charge is 2.23. The van der Waals surface area contributed by atoms with Gasteiger partial charge in [0.15, 0.2) is 23.9 Å². The molecule has 0 aliphatic carbocycles. The summed E-state index contributed by atoms with van der Waals surface area (Å²) in [7, 11) is 1.38. The predicted octanol–water partition coefficient (Wildman–Crippen LogP) is 1.92. The Bertz CT molecular complexity index is 576. The van der Waals surface area contributed by atoms with E-state index in [9.17, 15) is 14.4 Å². The summed E-state index contributed by atoms with van der Waals surface area (Å²) in [6.45, 7) is 6.24. The molecule has 0 amide bonds. The van der Waals surface area contributed by atoms with Crippen LogP contribution in [-0.2, 0) is 14.3 Å². The van der Waals surface area contributed by atoms with Crippen LogP contribution < -0.4 is 9.47 Å². The van der Waals surface area contributed by atoms with Crippen molar-refractivity contribution in [3.63, 3.8) is 0 Å². The van der Waals surface area contributed by atoms with Crippen LogP contribution in [0.1, 0.15) is 24.2 Å². The third-order valence-electron chi connectivity index (χ3n) is 2.52. The molecule has 0 saturated carbocycles. The van der Waals surface area contributed by atoms with Gasteiger partial charge in [-0.05, 0) is 26.0 Å². The Kier molecular flexibility index (Phi) is 5.66. The van der Waals surface area contributed by atoms with Gasteiger partial charge in [0.1, 0.15) is 0 Å². The lowest BCUT2D eigenvalue weighted by atomic mass is 10.2. The molecule has 0 bridgehead atoms. The van der Waals surface area contributed by atoms with Crippen LogP contribution in [-0.4, -0.2) is 31.4 Å². The van der Waals surface area contributed by atoms with Crippen molar-refractivity contribution in [1.82, 2.24) is 0 Å². The molecule has 0 aliphatic rings. The number of hydrogen-bond donors (Lipinski definition) is 0. The van der Waals surface area contributed by atoms with Gasteiger partial charge in [-0.15, -0.1) is 0 Å².